The molecule has 0 radical (unpaired) electrons. The first-order valence-electron chi connectivity index (χ1n) is 9.82. The molecule has 1 atom stereocenters. The molecule has 4 rings (SSSR count). The van der Waals surface area contributed by atoms with Crippen LogP contribution in [0.3, 0.4) is 0 Å². The smallest absolute Gasteiger partial charge is 0.263 e. The Labute approximate surface area is 179 Å². The predicted octanol–water partition coefficient (Wildman–Crippen LogP) is 5.52. The minimum atomic E-state index is -0.270. The van der Waals surface area contributed by atoms with E-state index in [0.29, 0.717) is 23.0 Å². The fourth-order valence-corrected chi connectivity index (χ4v) is 4.29. The van der Waals surface area contributed by atoms with E-state index < -0.39 is 0 Å². The molecule has 3 aromatic carbocycles. The molecule has 154 valence electrons. The van der Waals surface area contributed by atoms with Gasteiger partial charge in [-0.25, -0.2) is 4.39 Å². The van der Waals surface area contributed by atoms with E-state index in [0.717, 1.165) is 16.3 Å². The Kier molecular flexibility index (Phi) is 6.04. The van der Waals surface area contributed by atoms with E-state index in [9.17, 15) is 9.18 Å². The second-order valence-electron chi connectivity index (χ2n) is 7.42. The molecule has 0 spiro atoms. The summed E-state index contributed by atoms with van der Waals surface area (Å²) in [5.41, 5.74) is 1.59. The van der Waals surface area contributed by atoms with Crippen LogP contribution in [-0.2, 0) is 22.6 Å². The summed E-state index contributed by atoms with van der Waals surface area (Å²) in [4.78, 5) is 16.2. The van der Waals surface area contributed by atoms with Gasteiger partial charge in [-0.15, -0.1) is 0 Å². The van der Waals surface area contributed by atoms with Crippen LogP contribution >= 0.6 is 11.8 Å². The van der Waals surface area contributed by atoms with Crippen LogP contribution in [0.25, 0.3) is 10.8 Å². The summed E-state index contributed by atoms with van der Waals surface area (Å²) in [5.74, 6) is 0.268. The van der Waals surface area contributed by atoms with Gasteiger partial charge in [0, 0.05) is 5.56 Å². The van der Waals surface area contributed by atoms with Crippen LogP contribution in [-0.4, -0.2) is 22.5 Å². The Morgan fingerprint density at radius 3 is 2.63 bits per heavy atom. The maximum absolute atomic E-state index is 13.7. The molecule has 0 aromatic heterocycles. The van der Waals surface area contributed by atoms with Crippen molar-refractivity contribution < 1.29 is 18.7 Å². The van der Waals surface area contributed by atoms with Crippen molar-refractivity contribution >= 4 is 33.7 Å². The van der Waals surface area contributed by atoms with E-state index in [2.05, 4.69) is 11.1 Å². The molecule has 3 aromatic rings. The lowest BCUT2D eigenvalue weighted by molar-refractivity contribution is -0.117. The van der Waals surface area contributed by atoms with E-state index in [1.54, 1.807) is 18.2 Å². The molecule has 4 nitrogen and oxygen atoms in total. The van der Waals surface area contributed by atoms with E-state index >= 15 is 0 Å². The van der Waals surface area contributed by atoms with Gasteiger partial charge in [0.1, 0.15) is 18.2 Å². The van der Waals surface area contributed by atoms with Crippen LogP contribution in [0.5, 0.6) is 5.75 Å². The van der Waals surface area contributed by atoms with Crippen LogP contribution < -0.4 is 4.74 Å². The van der Waals surface area contributed by atoms with Gasteiger partial charge in [-0.3, -0.25) is 4.79 Å². The highest BCUT2D eigenvalue weighted by Gasteiger charge is 2.30. The summed E-state index contributed by atoms with van der Waals surface area (Å²) in [7, 11) is 0. The van der Waals surface area contributed by atoms with E-state index in [1.807, 2.05) is 44.2 Å². The molecule has 1 aliphatic rings. The number of fused-ring (bicyclic) bond motifs is 1. The first-order chi connectivity index (χ1) is 14.5. The third-order valence-electron chi connectivity index (χ3n) is 4.71. The monoisotopic (exact) mass is 423 g/mol. The number of hydrogen-bond donors (Lipinski definition) is 0. The lowest BCUT2D eigenvalue weighted by atomic mass is 10.0. The SMILES string of the molecule is CC(C)OC1=NC(=O)C(Cc2ccc3cc(OCc4ccccc4F)ccc3c2)S1. The van der Waals surface area contributed by atoms with Gasteiger partial charge in [-0.1, -0.05) is 54.2 Å². The number of carbonyl (C=O) groups is 1. The van der Waals surface area contributed by atoms with Crippen molar-refractivity contribution in [2.75, 3.05) is 0 Å². The fourth-order valence-electron chi connectivity index (χ4n) is 3.23. The normalized spacial score (nSPS) is 16.2. The van der Waals surface area contributed by atoms with Gasteiger partial charge in [-0.05, 0) is 54.8 Å². The third-order valence-corrected chi connectivity index (χ3v) is 5.75. The van der Waals surface area contributed by atoms with Crippen LogP contribution in [0.2, 0.25) is 0 Å². The lowest BCUT2D eigenvalue weighted by Crippen LogP contribution is -2.14. The Hall–Kier alpha value is -2.86. The molecular weight excluding hydrogens is 401 g/mol. The molecule has 0 saturated carbocycles. The van der Waals surface area contributed by atoms with E-state index in [-0.39, 0.29) is 29.7 Å². The second kappa shape index (κ2) is 8.88. The predicted molar refractivity (Wildman–Crippen MR) is 118 cm³/mol. The molecular formula is C24H22FNO3S. The second-order valence-corrected chi connectivity index (χ2v) is 8.57. The molecule has 6 heteroatoms. The lowest BCUT2D eigenvalue weighted by Gasteiger charge is -2.11. The zero-order valence-corrected chi connectivity index (χ0v) is 17.6. The van der Waals surface area contributed by atoms with Gasteiger partial charge < -0.3 is 9.47 Å². The summed E-state index contributed by atoms with van der Waals surface area (Å²) in [6.07, 6.45) is 0.595. The van der Waals surface area contributed by atoms with Gasteiger partial charge in [0.05, 0.1) is 11.4 Å². The maximum atomic E-state index is 13.7. The summed E-state index contributed by atoms with van der Waals surface area (Å²) < 4.78 is 25.1. The average Bonchev–Trinajstić information content (AvgIpc) is 3.05. The van der Waals surface area contributed by atoms with Crippen LogP contribution in [0.15, 0.2) is 65.7 Å². The largest absolute Gasteiger partial charge is 0.489 e. The number of ether oxygens (including phenoxy) is 2. The van der Waals surface area contributed by atoms with Crippen molar-refractivity contribution in [1.29, 1.82) is 0 Å². The van der Waals surface area contributed by atoms with Crippen molar-refractivity contribution in [1.82, 2.24) is 0 Å². The topological polar surface area (TPSA) is 47.9 Å². The summed E-state index contributed by atoms with van der Waals surface area (Å²) in [6, 6.07) is 18.5. The maximum Gasteiger partial charge on any atom is 0.263 e. The Morgan fingerprint density at radius 2 is 1.83 bits per heavy atom. The Morgan fingerprint density at radius 1 is 1.07 bits per heavy atom. The van der Waals surface area contributed by atoms with Gasteiger partial charge in [0.2, 0.25) is 0 Å². The first-order valence-corrected chi connectivity index (χ1v) is 10.7. The average molecular weight is 424 g/mol. The van der Waals surface area contributed by atoms with Gasteiger partial charge in [0.25, 0.3) is 11.1 Å². The number of thioether (sulfide) groups is 1. The van der Waals surface area contributed by atoms with Crippen molar-refractivity contribution in [2.45, 2.75) is 38.2 Å². The van der Waals surface area contributed by atoms with Crippen molar-refractivity contribution in [3.8, 4) is 5.75 Å². The number of halogens is 1. The highest BCUT2D eigenvalue weighted by molar-refractivity contribution is 8.15. The number of benzene rings is 3. The van der Waals surface area contributed by atoms with Gasteiger partial charge in [0.15, 0.2) is 0 Å². The highest BCUT2D eigenvalue weighted by atomic mass is 32.2. The molecule has 0 bridgehead atoms. The Bertz CT molecular complexity index is 1110. The van der Waals surface area contributed by atoms with Crippen LogP contribution in [0.4, 0.5) is 4.39 Å². The summed E-state index contributed by atoms with van der Waals surface area (Å²) >= 11 is 1.38. The number of amides is 1. The molecule has 0 fully saturated rings. The van der Waals surface area contributed by atoms with Gasteiger partial charge in [-0.2, -0.15) is 4.99 Å². The molecule has 1 unspecified atom stereocenters. The zero-order valence-electron chi connectivity index (χ0n) is 16.8. The summed E-state index contributed by atoms with van der Waals surface area (Å²) in [5, 5.41) is 2.29. The first kappa shape index (κ1) is 20.4. The summed E-state index contributed by atoms with van der Waals surface area (Å²) in [6.45, 7) is 4.01. The molecule has 1 aliphatic heterocycles. The quantitative estimate of drug-likeness (QED) is 0.524. The molecule has 30 heavy (non-hydrogen) atoms. The number of aliphatic imine (C=N–C) groups is 1. The molecule has 0 aliphatic carbocycles. The zero-order chi connectivity index (χ0) is 21.1. The van der Waals surface area contributed by atoms with E-state index in [1.165, 1.54) is 17.8 Å². The number of rotatable bonds is 6. The number of carbonyl (C=O) groups excluding carboxylic acids is 1. The fraction of sp³-hybridized carbons (Fsp3) is 0.250. The minimum absolute atomic E-state index is 0.00160. The molecule has 1 heterocycles. The third kappa shape index (κ3) is 4.82. The molecule has 1 amide bonds. The Balaban J connectivity index is 1.42. The highest BCUT2D eigenvalue weighted by Crippen LogP contribution is 2.29. The number of nitrogens with zero attached hydrogens (tertiary/aromatic N) is 1. The van der Waals surface area contributed by atoms with Crippen molar-refractivity contribution in [2.24, 2.45) is 4.99 Å². The van der Waals surface area contributed by atoms with Crippen LogP contribution in [0, 0.1) is 5.82 Å². The molecule has 0 saturated heterocycles. The van der Waals surface area contributed by atoms with Crippen LogP contribution in [0.1, 0.15) is 25.0 Å². The minimum Gasteiger partial charge on any atom is -0.489 e. The number of hydrogen-bond acceptors (Lipinski definition) is 4. The standard InChI is InChI=1S/C24H22FNO3S/c1-15(2)29-24-26-23(27)22(30-24)12-16-7-8-18-13-20(10-9-17(18)11-16)28-14-19-5-3-4-6-21(19)25/h3-11,13,15,22H,12,14H2,1-2H3. The van der Waals surface area contributed by atoms with Gasteiger partial charge >= 0.3 is 0 Å². The van der Waals surface area contributed by atoms with Crippen molar-refractivity contribution in [3.05, 3.63) is 77.6 Å². The van der Waals surface area contributed by atoms with E-state index in [4.69, 9.17) is 9.47 Å². The molecule has 0 N–H and O–H groups in total. The van der Waals surface area contributed by atoms with Crippen molar-refractivity contribution in [3.63, 3.8) is 0 Å².